The second-order valence-corrected chi connectivity index (χ2v) is 4.37. The van der Waals surface area contributed by atoms with Gasteiger partial charge in [-0.3, -0.25) is 14.9 Å². The molecule has 0 bridgehead atoms. The first-order chi connectivity index (χ1) is 8.61. The van der Waals surface area contributed by atoms with Crippen molar-refractivity contribution < 1.29 is 14.1 Å². The van der Waals surface area contributed by atoms with Crippen molar-refractivity contribution in [3.63, 3.8) is 0 Å². The van der Waals surface area contributed by atoms with Crippen molar-refractivity contribution >= 4 is 24.2 Å². The minimum atomic E-state index is -0.655. The summed E-state index contributed by atoms with van der Waals surface area (Å²) in [5.41, 5.74) is 5.58. The lowest BCUT2D eigenvalue weighted by Crippen LogP contribution is -2.39. The summed E-state index contributed by atoms with van der Waals surface area (Å²) in [5, 5.41) is 10.5. The lowest BCUT2D eigenvalue weighted by Gasteiger charge is -2.30. The normalized spacial score (nSPS) is 15.9. The highest BCUT2D eigenvalue weighted by atomic mass is 35.5. The Balaban J connectivity index is 0.00000180. The Hall–Kier alpha value is -1.60. The van der Waals surface area contributed by atoms with Crippen LogP contribution in [0.15, 0.2) is 16.5 Å². The molecule has 1 saturated heterocycles. The van der Waals surface area contributed by atoms with Crippen molar-refractivity contribution in [2.45, 2.75) is 12.8 Å². The predicted octanol–water partition coefficient (Wildman–Crippen LogP) is 1.42. The Kier molecular flexibility index (Phi) is 5.31. The van der Waals surface area contributed by atoms with Crippen molar-refractivity contribution in [3.8, 4) is 0 Å². The molecule has 0 saturated carbocycles. The first kappa shape index (κ1) is 15.5. The number of piperidine rings is 1. The van der Waals surface area contributed by atoms with Crippen LogP contribution in [0, 0.1) is 16.0 Å². The van der Waals surface area contributed by atoms with E-state index in [1.165, 1.54) is 12.1 Å². The Morgan fingerprint density at radius 2 is 2.11 bits per heavy atom. The molecule has 0 atom stereocenters. The zero-order chi connectivity index (χ0) is 13.1. The van der Waals surface area contributed by atoms with E-state index in [9.17, 15) is 14.9 Å². The van der Waals surface area contributed by atoms with Crippen LogP contribution in [0.1, 0.15) is 23.4 Å². The summed E-state index contributed by atoms with van der Waals surface area (Å²) in [4.78, 5) is 23.5. The quantitative estimate of drug-likeness (QED) is 0.669. The van der Waals surface area contributed by atoms with Gasteiger partial charge >= 0.3 is 5.88 Å². The molecule has 0 aliphatic carbocycles. The van der Waals surface area contributed by atoms with E-state index >= 15 is 0 Å². The largest absolute Gasteiger partial charge is 0.433 e. The third-order valence-electron chi connectivity index (χ3n) is 3.22. The molecule has 2 rings (SSSR count). The van der Waals surface area contributed by atoms with Crippen LogP contribution in [-0.4, -0.2) is 35.4 Å². The molecular weight excluding hydrogens is 274 g/mol. The number of likely N-dealkylation sites (tertiary alicyclic amines) is 1. The zero-order valence-electron chi connectivity index (χ0n) is 10.3. The van der Waals surface area contributed by atoms with Crippen LogP contribution in [0.5, 0.6) is 0 Å². The fraction of sp³-hybridized carbons (Fsp3) is 0.545. The highest BCUT2D eigenvalue weighted by Crippen LogP contribution is 2.21. The fourth-order valence-corrected chi connectivity index (χ4v) is 2.07. The van der Waals surface area contributed by atoms with Gasteiger partial charge in [-0.05, 0) is 31.4 Å². The SMILES string of the molecule is Cl.NCC1CCN(C(=O)c2ccc([N+](=O)[O-])o2)CC1. The Bertz CT molecular complexity index is 455. The molecule has 0 spiro atoms. The van der Waals surface area contributed by atoms with Gasteiger partial charge in [0.15, 0.2) is 5.76 Å². The lowest BCUT2D eigenvalue weighted by atomic mass is 9.97. The van der Waals surface area contributed by atoms with Crippen molar-refractivity contribution in [3.05, 3.63) is 28.0 Å². The summed E-state index contributed by atoms with van der Waals surface area (Å²) in [6.07, 6.45) is 1.73. The molecule has 8 heteroatoms. The maximum Gasteiger partial charge on any atom is 0.433 e. The summed E-state index contributed by atoms with van der Waals surface area (Å²) in [6.45, 7) is 1.87. The molecule has 1 aromatic rings. The van der Waals surface area contributed by atoms with Crippen molar-refractivity contribution in [2.24, 2.45) is 11.7 Å². The van der Waals surface area contributed by atoms with Gasteiger partial charge in [-0.15, -0.1) is 12.4 Å². The highest BCUT2D eigenvalue weighted by molar-refractivity contribution is 5.91. The molecule has 2 N–H and O–H groups in total. The van der Waals surface area contributed by atoms with Crippen LogP contribution >= 0.6 is 12.4 Å². The second kappa shape index (κ2) is 6.53. The van der Waals surface area contributed by atoms with E-state index in [-0.39, 0.29) is 24.1 Å². The summed E-state index contributed by atoms with van der Waals surface area (Å²) >= 11 is 0. The highest BCUT2D eigenvalue weighted by Gasteiger charge is 2.26. The molecule has 19 heavy (non-hydrogen) atoms. The number of halogens is 1. The van der Waals surface area contributed by atoms with Gasteiger partial charge in [0.1, 0.15) is 4.92 Å². The average Bonchev–Trinajstić information content (AvgIpc) is 2.88. The monoisotopic (exact) mass is 289 g/mol. The predicted molar refractivity (Wildman–Crippen MR) is 70.3 cm³/mol. The Morgan fingerprint density at radius 1 is 1.47 bits per heavy atom. The molecule has 1 fully saturated rings. The van der Waals surface area contributed by atoms with E-state index in [0.29, 0.717) is 25.6 Å². The molecule has 1 aliphatic heterocycles. The van der Waals surface area contributed by atoms with E-state index in [4.69, 9.17) is 10.2 Å². The number of carbonyl (C=O) groups is 1. The first-order valence-corrected chi connectivity index (χ1v) is 5.85. The first-order valence-electron chi connectivity index (χ1n) is 5.85. The van der Waals surface area contributed by atoms with Gasteiger partial charge in [-0.2, -0.15) is 0 Å². The number of rotatable bonds is 3. The van der Waals surface area contributed by atoms with Crippen LogP contribution in [0.4, 0.5) is 5.88 Å². The molecule has 1 aliphatic rings. The summed E-state index contributed by atoms with van der Waals surface area (Å²) in [5.74, 6) is -0.221. The van der Waals surface area contributed by atoms with Crippen molar-refractivity contribution in [1.82, 2.24) is 4.90 Å². The standard InChI is InChI=1S/C11H15N3O4.ClH/c12-7-8-3-5-13(6-4-8)11(15)9-1-2-10(18-9)14(16)17;/h1-2,8H,3-7,12H2;1H. The van der Waals surface area contributed by atoms with Crippen molar-refractivity contribution in [2.75, 3.05) is 19.6 Å². The number of nitrogens with two attached hydrogens (primary N) is 1. The molecule has 0 unspecified atom stereocenters. The zero-order valence-corrected chi connectivity index (χ0v) is 11.1. The van der Waals surface area contributed by atoms with Crippen LogP contribution in [-0.2, 0) is 0 Å². The van der Waals surface area contributed by atoms with E-state index in [0.717, 1.165) is 12.8 Å². The Labute approximate surface area is 116 Å². The van der Waals surface area contributed by atoms with Gasteiger partial charge in [0.05, 0.1) is 6.07 Å². The maximum absolute atomic E-state index is 12.0. The number of nitrogens with zero attached hydrogens (tertiary/aromatic N) is 2. The topological polar surface area (TPSA) is 103 Å². The number of furan rings is 1. The van der Waals surface area contributed by atoms with Crippen LogP contribution < -0.4 is 5.73 Å². The van der Waals surface area contributed by atoms with Gasteiger partial charge in [0.25, 0.3) is 5.91 Å². The van der Waals surface area contributed by atoms with E-state index in [1.807, 2.05) is 0 Å². The van der Waals surface area contributed by atoms with E-state index in [2.05, 4.69) is 0 Å². The van der Waals surface area contributed by atoms with Crippen LogP contribution in [0.2, 0.25) is 0 Å². The van der Waals surface area contributed by atoms with Gasteiger partial charge in [-0.1, -0.05) is 0 Å². The van der Waals surface area contributed by atoms with Crippen molar-refractivity contribution in [1.29, 1.82) is 0 Å². The number of hydrogen-bond donors (Lipinski definition) is 1. The van der Waals surface area contributed by atoms with Gasteiger partial charge in [0.2, 0.25) is 0 Å². The third kappa shape index (κ3) is 3.45. The molecule has 106 valence electrons. The van der Waals surface area contributed by atoms with E-state index < -0.39 is 10.8 Å². The molecule has 7 nitrogen and oxygen atoms in total. The van der Waals surface area contributed by atoms with Crippen LogP contribution in [0.25, 0.3) is 0 Å². The maximum atomic E-state index is 12.0. The number of carbonyl (C=O) groups excluding carboxylic acids is 1. The molecule has 1 amide bonds. The van der Waals surface area contributed by atoms with Crippen LogP contribution in [0.3, 0.4) is 0 Å². The minimum absolute atomic E-state index is 0. The number of nitro groups is 1. The molecule has 2 heterocycles. The number of hydrogen-bond acceptors (Lipinski definition) is 5. The summed E-state index contributed by atoms with van der Waals surface area (Å²) < 4.78 is 4.90. The second-order valence-electron chi connectivity index (χ2n) is 4.37. The molecular formula is C11H16ClN3O4. The lowest BCUT2D eigenvalue weighted by molar-refractivity contribution is -0.402. The summed E-state index contributed by atoms with van der Waals surface area (Å²) in [7, 11) is 0. The fourth-order valence-electron chi connectivity index (χ4n) is 2.07. The minimum Gasteiger partial charge on any atom is -0.395 e. The average molecular weight is 290 g/mol. The number of amides is 1. The van der Waals surface area contributed by atoms with Gasteiger partial charge in [-0.25, -0.2) is 0 Å². The van der Waals surface area contributed by atoms with E-state index in [1.54, 1.807) is 4.90 Å². The third-order valence-corrected chi connectivity index (χ3v) is 3.22. The molecule has 1 aromatic heterocycles. The Morgan fingerprint density at radius 3 is 2.58 bits per heavy atom. The van der Waals surface area contributed by atoms with Gasteiger partial charge < -0.3 is 15.1 Å². The molecule has 0 aromatic carbocycles. The smallest absolute Gasteiger partial charge is 0.395 e. The van der Waals surface area contributed by atoms with Gasteiger partial charge in [0, 0.05) is 13.1 Å². The molecule has 0 radical (unpaired) electrons. The summed E-state index contributed by atoms with van der Waals surface area (Å²) in [6, 6.07) is 2.54.